The predicted octanol–water partition coefficient (Wildman–Crippen LogP) is 3.54. The van der Waals surface area contributed by atoms with Crippen molar-refractivity contribution < 1.29 is 4.74 Å². The molecule has 1 aliphatic heterocycles. The van der Waals surface area contributed by atoms with Crippen molar-refractivity contribution in [3.05, 3.63) is 63.0 Å². The first kappa shape index (κ1) is 18.0. The van der Waals surface area contributed by atoms with Gasteiger partial charge in [0.1, 0.15) is 16.8 Å². The van der Waals surface area contributed by atoms with Crippen LogP contribution in [0.4, 0.5) is 0 Å². The summed E-state index contributed by atoms with van der Waals surface area (Å²) in [5.74, 6) is 0.596. The average Bonchev–Trinajstić information content (AvgIpc) is 2.58. The van der Waals surface area contributed by atoms with Crippen molar-refractivity contribution in [3.8, 4) is 5.75 Å². The lowest BCUT2D eigenvalue weighted by atomic mass is 10.1. The number of pyridine rings is 1. The molecule has 0 saturated carbocycles. The zero-order valence-electron chi connectivity index (χ0n) is 12.7. The molecule has 1 N–H and O–H groups in total. The highest BCUT2D eigenvalue weighted by Gasteiger charge is 2.18. The smallest absolute Gasteiger partial charge is 0.268 e. The number of nitrogens with zero attached hydrogens (tertiary/aromatic N) is 1. The zero-order valence-corrected chi connectivity index (χ0v) is 15.1. The number of piperidine rings is 1. The van der Waals surface area contributed by atoms with E-state index in [0.717, 1.165) is 31.5 Å². The Balaban J connectivity index is 0.00000192. The van der Waals surface area contributed by atoms with Gasteiger partial charge < -0.3 is 14.6 Å². The SMILES string of the molecule is Cl.O=c1c(Br)c(OCc2ccccc2)ccn1C1CCNCC1. The van der Waals surface area contributed by atoms with Crippen LogP contribution in [0.5, 0.6) is 5.75 Å². The Kier molecular flexibility index (Phi) is 6.69. The van der Waals surface area contributed by atoms with Crippen LogP contribution in [0.3, 0.4) is 0 Å². The molecule has 0 amide bonds. The summed E-state index contributed by atoms with van der Waals surface area (Å²) in [6.45, 7) is 2.37. The van der Waals surface area contributed by atoms with Gasteiger partial charge in [-0.1, -0.05) is 30.3 Å². The van der Waals surface area contributed by atoms with Gasteiger partial charge in [0.05, 0.1) is 0 Å². The van der Waals surface area contributed by atoms with Crippen molar-refractivity contribution in [2.45, 2.75) is 25.5 Å². The summed E-state index contributed by atoms with van der Waals surface area (Å²) in [7, 11) is 0. The van der Waals surface area contributed by atoms with Crippen LogP contribution in [0.15, 0.2) is 51.9 Å². The Morgan fingerprint density at radius 1 is 1.17 bits per heavy atom. The lowest BCUT2D eigenvalue weighted by Crippen LogP contribution is -2.34. The van der Waals surface area contributed by atoms with Crippen LogP contribution in [0.1, 0.15) is 24.4 Å². The molecule has 1 saturated heterocycles. The maximum absolute atomic E-state index is 12.5. The molecule has 3 rings (SSSR count). The molecule has 1 fully saturated rings. The monoisotopic (exact) mass is 398 g/mol. The van der Waals surface area contributed by atoms with Crippen molar-refractivity contribution >= 4 is 28.3 Å². The highest BCUT2D eigenvalue weighted by Crippen LogP contribution is 2.24. The summed E-state index contributed by atoms with van der Waals surface area (Å²) < 4.78 is 8.10. The summed E-state index contributed by atoms with van der Waals surface area (Å²) in [4.78, 5) is 12.5. The molecule has 124 valence electrons. The normalized spacial score (nSPS) is 15.0. The van der Waals surface area contributed by atoms with E-state index in [9.17, 15) is 4.79 Å². The quantitative estimate of drug-likeness (QED) is 0.855. The van der Waals surface area contributed by atoms with E-state index in [1.165, 1.54) is 0 Å². The van der Waals surface area contributed by atoms with E-state index in [2.05, 4.69) is 21.2 Å². The van der Waals surface area contributed by atoms with E-state index < -0.39 is 0 Å². The highest BCUT2D eigenvalue weighted by atomic mass is 79.9. The first-order valence-electron chi connectivity index (χ1n) is 7.54. The third kappa shape index (κ3) is 4.37. The molecule has 0 radical (unpaired) electrons. The summed E-state index contributed by atoms with van der Waals surface area (Å²) in [5, 5.41) is 3.32. The molecule has 0 atom stereocenters. The first-order chi connectivity index (χ1) is 10.8. The van der Waals surface area contributed by atoms with Crippen LogP contribution >= 0.6 is 28.3 Å². The van der Waals surface area contributed by atoms with Crippen LogP contribution in [-0.2, 0) is 6.61 Å². The van der Waals surface area contributed by atoms with E-state index in [1.807, 2.05) is 47.2 Å². The Morgan fingerprint density at radius 3 is 2.57 bits per heavy atom. The van der Waals surface area contributed by atoms with Gasteiger partial charge in [0.2, 0.25) is 0 Å². The van der Waals surface area contributed by atoms with E-state index in [0.29, 0.717) is 16.8 Å². The molecule has 1 aromatic heterocycles. The highest BCUT2D eigenvalue weighted by molar-refractivity contribution is 9.10. The predicted molar refractivity (Wildman–Crippen MR) is 97.6 cm³/mol. The van der Waals surface area contributed by atoms with Crippen LogP contribution in [0, 0.1) is 0 Å². The first-order valence-corrected chi connectivity index (χ1v) is 8.33. The van der Waals surface area contributed by atoms with E-state index >= 15 is 0 Å². The third-order valence-electron chi connectivity index (χ3n) is 3.96. The van der Waals surface area contributed by atoms with Gasteiger partial charge in [0.15, 0.2) is 0 Å². The number of hydrogen-bond donors (Lipinski definition) is 1. The molecule has 0 spiro atoms. The Labute approximate surface area is 150 Å². The van der Waals surface area contributed by atoms with Gasteiger partial charge in [-0.05, 0) is 53.5 Å². The molecule has 23 heavy (non-hydrogen) atoms. The van der Waals surface area contributed by atoms with Crippen LogP contribution in [0.25, 0.3) is 0 Å². The largest absolute Gasteiger partial charge is 0.487 e. The summed E-state index contributed by atoms with van der Waals surface area (Å²) >= 11 is 3.40. The number of nitrogens with one attached hydrogen (secondary N) is 1. The number of ether oxygens (including phenoxy) is 1. The summed E-state index contributed by atoms with van der Waals surface area (Å²) in [6.07, 6.45) is 3.82. The minimum atomic E-state index is -0.0162. The molecule has 6 heteroatoms. The molecule has 0 bridgehead atoms. The average molecular weight is 400 g/mol. The van der Waals surface area contributed by atoms with Gasteiger partial charge in [0, 0.05) is 12.2 Å². The molecular weight excluding hydrogens is 380 g/mol. The van der Waals surface area contributed by atoms with Gasteiger partial charge in [0.25, 0.3) is 5.56 Å². The third-order valence-corrected chi connectivity index (χ3v) is 4.69. The fourth-order valence-electron chi connectivity index (χ4n) is 2.73. The number of hydrogen-bond acceptors (Lipinski definition) is 3. The maximum atomic E-state index is 12.5. The minimum Gasteiger partial charge on any atom is -0.487 e. The van der Waals surface area contributed by atoms with Crippen molar-refractivity contribution in [2.75, 3.05) is 13.1 Å². The lowest BCUT2D eigenvalue weighted by Gasteiger charge is -2.25. The van der Waals surface area contributed by atoms with Crippen LogP contribution < -0.4 is 15.6 Å². The topological polar surface area (TPSA) is 43.3 Å². The Bertz CT molecular complexity index is 685. The standard InChI is InChI=1S/C17H19BrN2O2.ClH/c18-16-15(22-12-13-4-2-1-3-5-13)8-11-20(17(16)21)14-6-9-19-10-7-14;/h1-5,8,11,14,19H,6-7,9-10,12H2;1H. The molecule has 2 heterocycles. The van der Waals surface area contributed by atoms with Crippen molar-refractivity contribution in [3.63, 3.8) is 0 Å². The zero-order chi connectivity index (χ0) is 15.4. The molecular formula is C17H20BrClN2O2. The number of rotatable bonds is 4. The Morgan fingerprint density at radius 2 is 1.87 bits per heavy atom. The molecule has 4 nitrogen and oxygen atoms in total. The molecule has 2 aromatic rings. The number of aromatic nitrogens is 1. The van der Waals surface area contributed by atoms with Crippen molar-refractivity contribution in [1.29, 1.82) is 0 Å². The van der Waals surface area contributed by atoms with Crippen LogP contribution in [-0.4, -0.2) is 17.7 Å². The van der Waals surface area contributed by atoms with E-state index in [4.69, 9.17) is 4.74 Å². The molecule has 1 aliphatic rings. The Hall–Kier alpha value is -1.30. The van der Waals surface area contributed by atoms with Gasteiger partial charge in [-0.2, -0.15) is 0 Å². The van der Waals surface area contributed by atoms with E-state index in [-0.39, 0.29) is 24.0 Å². The van der Waals surface area contributed by atoms with E-state index in [1.54, 1.807) is 0 Å². The van der Waals surface area contributed by atoms with Gasteiger partial charge in [-0.15, -0.1) is 12.4 Å². The van der Waals surface area contributed by atoms with Crippen molar-refractivity contribution in [1.82, 2.24) is 9.88 Å². The summed E-state index contributed by atoms with van der Waals surface area (Å²) in [5.41, 5.74) is 1.06. The lowest BCUT2D eigenvalue weighted by molar-refractivity contribution is 0.300. The van der Waals surface area contributed by atoms with Crippen LogP contribution in [0.2, 0.25) is 0 Å². The molecule has 0 aliphatic carbocycles. The molecule has 1 aromatic carbocycles. The van der Waals surface area contributed by atoms with Gasteiger partial charge >= 0.3 is 0 Å². The fraction of sp³-hybridized carbons (Fsp3) is 0.353. The van der Waals surface area contributed by atoms with Crippen molar-refractivity contribution in [2.24, 2.45) is 0 Å². The second-order valence-corrected chi connectivity index (χ2v) is 6.25. The minimum absolute atomic E-state index is 0. The van der Waals surface area contributed by atoms with Gasteiger partial charge in [-0.3, -0.25) is 4.79 Å². The number of benzene rings is 1. The second-order valence-electron chi connectivity index (χ2n) is 5.46. The fourth-order valence-corrected chi connectivity index (χ4v) is 3.18. The van der Waals surface area contributed by atoms with Gasteiger partial charge in [-0.25, -0.2) is 0 Å². The summed E-state index contributed by atoms with van der Waals surface area (Å²) in [6, 6.07) is 12.1. The maximum Gasteiger partial charge on any atom is 0.268 e. The second kappa shape index (κ2) is 8.52. The molecule has 0 unspecified atom stereocenters. The number of halogens is 2.